The van der Waals surface area contributed by atoms with Gasteiger partial charge >= 0.3 is 0 Å². The molecule has 0 bridgehead atoms. The standard InChI is InChI=1S/C42H29NO/c1-27-10-17-36(18-11-27)43-39-20-15-32(30-13-12-28-6-2-3-7-29(28)22-30)25-41(39)44-42-26-33(16-21-40(42)43)31-14-19-38-35(23-31)24-34-8-4-5-9-37(34)38/h2-23,25-26H,24H2,1H3. The van der Waals surface area contributed by atoms with Crippen molar-refractivity contribution >= 4 is 27.8 Å². The maximum Gasteiger partial charge on any atom is 0.152 e. The summed E-state index contributed by atoms with van der Waals surface area (Å²) in [4.78, 5) is 2.32. The van der Waals surface area contributed by atoms with Gasteiger partial charge in [-0.2, -0.15) is 0 Å². The molecular weight excluding hydrogens is 534 g/mol. The summed E-state index contributed by atoms with van der Waals surface area (Å²) in [5, 5.41) is 2.48. The van der Waals surface area contributed by atoms with E-state index in [0.29, 0.717) is 0 Å². The number of ether oxygens (including phenoxy) is 1. The predicted molar refractivity (Wildman–Crippen MR) is 183 cm³/mol. The van der Waals surface area contributed by atoms with Gasteiger partial charge in [-0.05, 0) is 111 Å². The fraction of sp³-hybridized carbons (Fsp3) is 0.0476. The fourth-order valence-electron chi connectivity index (χ4n) is 6.83. The lowest BCUT2D eigenvalue weighted by molar-refractivity contribution is 0.477. The number of hydrogen-bond acceptors (Lipinski definition) is 2. The van der Waals surface area contributed by atoms with Gasteiger partial charge in [0, 0.05) is 5.69 Å². The Hall–Kier alpha value is -5.60. The van der Waals surface area contributed by atoms with E-state index in [2.05, 4.69) is 157 Å². The van der Waals surface area contributed by atoms with Crippen molar-refractivity contribution in [2.75, 3.05) is 4.90 Å². The zero-order chi connectivity index (χ0) is 29.2. The number of aryl methyl sites for hydroxylation is 1. The van der Waals surface area contributed by atoms with Gasteiger partial charge in [0.05, 0.1) is 11.4 Å². The smallest absolute Gasteiger partial charge is 0.152 e. The van der Waals surface area contributed by atoms with Crippen molar-refractivity contribution < 1.29 is 4.74 Å². The zero-order valence-electron chi connectivity index (χ0n) is 24.4. The number of rotatable bonds is 3. The highest BCUT2D eigenvalue weighted by Gasteiger charge is 2.27. The first kappa shape index (κ1) is 24.9. The molecule has 9 rings (SSSR count). The fourth-order valence-corrected chi connectivity index (χ4v) is 6.83. The predicted octanol–water partition coefficient (Wildman–Crippen LogP) is 11.6. The summed E-state index contributed by atoms with van der Waals surface area (Å²) in [7, 11) is 0. The van der Waals surface area contributed by atoms with Crippen LogP contribution >= 0.6 is 0 Å². The Bertz CT molecular complexity index is 2240. The van der Waals surface area contributed by atoms with E-state index in [0.717, 1.165) is 46.1 Å². The van der Waals surface area contributed by atoms with E-state index < -0.39 is 0 Å². The second-order valence-electron chi connectivity index (χ2n) is 11.9. The molecule has 7 aromatic carbocycles. The highest BCUT2D eigenvalue weighted by atomic mass is 16.5. The molecule has 0 aromatic heterocycles. The summed E-state index contributed by atoms with van der Waals surface area (Å²) < 4.78 is 6.77. The van der Waals surface area contributed by atoms with Gasteiger partial charge in [-0.1, -0.05) is 109 Å². The minimum Gasteiger partial charge on any atom is -0.453 e. The molecule has 0 spiro atoms. The molecule has 0 unspecified atom stereocenters. The highest BCUT2D eigenvalue weighted by Crippen LogP contribution is 2.52. The molecule has 0 saturated heterocycles. The van der Waals surface area contributed by atoms with Crippen molar-refractivity contribution in [1.29, 1.82) is 0 Å². The summed E-state index contributed by atoms with van der Waals surface area (Å²) >= 11 is 0. The lowest BCUT2D eigenvalue weighted by Crippen LogP contribution is -2.16. The molecule has 0 fully saturated rings. The monoisotopic (exact) mass is 563 g/mol. The Kier molecular flexibility index (Phi) is 5.51. The molecule has 0 atom stereocenters. The van der Waals surface area contributed by atoms with Crippen LogP contribution in [0.1, 0.15) is 16.7 Å². The minimum atomic E-state index is 0.852. The van der Waals surface area contributed by atoms with Gasteiger partial charge in [-0.15, -0.1) is 0 Å². The molecule has 0 N–H and O–H groups in total. The van der Waals surface area contributed by atoms with E-state index in [4.69, 9.17) is 4.74 Å². The van der Waals surface area contributed by atoms with Crippen LogP contribution < -0.4 is 9.64 Å². The van der Waals surface area contributed by atoms with Crippen LogP contribution in [0.5, 0.6) is 11.5 Å². The maximum absolute atomic E-state index is 6.77. The molecule has 0 amide bonds. The number of hydrogen-bond donors (Lipinski definition) is 0. The van der Waals surface area contributed by atoms with Crippen molar-refractivity contribution in [3.05, 3.63) is 162 Å². The molecule has 1 aliphatic heterocycles. The van der Waals surface area contributed by atoms with Gasteiger partial charge in [0.15, 0.2) is 11.5 Å². The number of fused-ring (bicyclic) bond motifs is 6. The largest absolute Gasteiger partial charge is 0.453 e. The van der Waals surface area contributed by atoms with Gasteiger partial charge in [0.25, 0.3) is 0 Å². The number of nitrogens with zero attached hydrogens (tertiary/aromatic N) is 1. The van der Waals surface area contributed by atoms with E-state index in [9.17, 15) is 0 Å². The van der Waals surface area contributed by atoms with Crippen LogP contribution in [0.25, 0.3) is 44.2 Å². The normalized spacial score (nSPS) is 12.7. The zero-order valence-corrected chi connectivity index (χ0v) is 24.4. The molecule has 2 heteroatoms. The second kappa shape index (κ2) is 9.72. The topological polar surface area (TPSA) is 12.5 Å². The van der Waals surface area contributed by atoms with Crippen LogP contribution in [-0.2, 0) is 6.42 Å². The first-order chi connectivity index (χ1) is 21.7. The molecule has 44 heavy (non-hydrogen) atoms. The van der Waals surface area contributed by atoms with Crippen molar-refractivity contribution in [2.24, 2.45) is 0 Å². The maximum atomic E-state index is 6.77. The average Bonchev–Trinajstić information content (AvgIpc) is 3.45. The Balaban J connectivity index is 1.15. The number of anilines is 3. The second-order valence-corrected chi connectivity index (χ2v) is 11.9. The molecule has 1 heterocycles. The highest BCUT2D eigenvalue weighted by molar-refractivity contribution is 5.91. The van der Waals surface area contributed by atoms with Crippen LogP contribution in [0.3, 0.4) is 0 Å². The first-order valence-corrected chi connectivity index (χ1v) is 15.2. The van der Waals surface area contributed by atoms with E-state index in [-0.39, 0.29) is 0 Å². The van der Waals surface area contributed by atoms with Crippen molar-refractivity contribution in [3.8, 4) is 44.9 Å². The molecule has 1 aliphatic carbocycles. The summed E-state index contributed by atoms with van der Waals surface area (Å²) in [6.07, 6.45) is 0.979. The summed E-state index contributed by atoms with van der Waals surface area (Å²) in [6, 6.07) is 52.7. The third kappa shape index (κ3) is 4.03. The summed E-state index contributed by atoms with van der Waals surface area (Å²) in [6.45, 7) is 2.13. The van der Waals surface area contributed by atoms with E-state index in [1.165, 1.54) is 49.7 Å². The Labute approximate surface area is 257 Å². The average molecular weight is 564 g/mol. The first-order valence-electron chi connectivity index (χ1n) is 15.2. The van der Waals surface area contributed by atoms with Crippen molar-refractivity contribution in [2.45, 2.75) is 13.3 Å². The molecule has 208 valence electrons. The molecular formula is C42H29NO. The summed E-state index contributed by atoms with van der Waals surface area (Å²) in [5.41, 5.74) is 14.6. The molecule has 2 nitrogen and oxygen atoms in total. The lowest BCUT2D eigenvalue weighted by atomic mass is 9.97. The molecule has 7 aromatic rings. The lowest BCUT2D eigenvalue weighted by Gasteiger charge is -2.33. The SMILES string of the molecule is Cc1ccc(N2c3ccc(-c4ccc5c(c4)Cc4ccccc4-5)cc3Oc3cc(-c4ccc5ccccc5c4)ccc32)cc1. The Morgan fingerprint density at radius 2 is 1.07 bits per heavy atom. The van der Waals surface area contributed by atoms with Crippen LogP contribution in [0.4, 0.5) is 17.1 Å². The molecule has 0 saturated carbocycles. The van der Waals surface area contributed by atoms with E-state index >= 15 is 0 Å². The minimum absolute atomic E-state index is 0.852. The third-order valence-corrected chi connectivity index (χ3v) is 9.12. The molecule has 2 aliphatic rings. The third-order valence-electron chi connectivity index (χ3n) is 9.12. The van der Waals surface area contributed by atoms with Crippen LogP contribution in [0.2, 0.25) is 0 Å². The van der Waals surface area contributed by atoms with Crippen LogP contribution in [0, 0.1) is 6.92 Å². The Morgan fingerprint density at radius 3 is 1.84 bits per heavy atom. The number of benzene rings is 7. The van der Waals surface area contributed by atoms with Crippen molar-refractivity contribution in [3.63, 3.8) is 0 Å². The van der Waals surface area contributed by atoms with E-state index in [1.54, 1.807) is 0 Å². The Morgan fingerprint density at radius 1 is 0.477 bits per heavy atom. The quantitative estimate of drug-likeness (QED) is 0.212. The van der Waals surface area contributed by atoms with Gasteiger partial charge in [0.2, 0.25) is 0 Å². The van der Waals surface area contributed by atoms with Gasteiger partial charge in [-0.3, -0.25) is 0 Å². The van der Waals surface area contributed by atoms with Crippen molar-refractivity contribution in [1.82, 2.24) is 0 Å². The summed E-state index contributed by atoms with van der Waals surface area (Å²) in [5.74, 6) is 1.71. The van der Waals surface area contributed by atoms with Gasteiger partial charge < -0.3 is 9.64 Å². The van der Waals surface area contributed by atoms with Gasteiger partial charge in [-0.25, -0.2) is 0 Å². The molecule has 0 radical (unpaired) electrons. The van der Waals surface area contributed by atoms with Gasteiger partial charge in [0.1, 0.15) is 0 Å². The van der Waals surface area contributed by atoms with E-state index in [1.807, 2.05) is 0 Å². The van der Waals surface area contributed by atoms with Crippen LogP contribution in [-0.4, -0.2) is 0 Å². The van der Waals surface area contributed by atoms with Crippen LogP contribution in [0.15, 0.2) is 146 Å².